The first-order valence-corrected chi connectivity index (χ1v) is 6.19. The topological polar surface area (TPSA) is 17.8 Å². The molecule has 2 nitrogen and oxygen atoms in total. The van der Waals surface area contributed by atoms with Gasteiger partial charge in [0, 0.05) is 13.0 Å². The normalized spacial score (nSPS) is 10.8. The molecule has 74 valence electrons. The van der Waals surface area contributed by atoms with Crippen LogP contribution in [0.1, 0.15) is 32.5 Å². The van der Waals surface area contributed by atoms with Crippen LogP contribution in [0.3, 0.4) is 0 Å². The van der Waals surface area contributed by atoms with Crippen molar-refractivity contribution in [3.63, 3.8) is 0 Å². The molecule has 0 saturated heterocycles. The summed E-state index contributed by atoms with van der Waals surface area (Å²) < 4.78 is 4.17. The Labute approximate surface area is 96.0 Å². The summed E-state index contributed by atoms with van der Waals surface area (Å²) in [7, 11) is 0. The third-order valence-corrected chi connectivity index (χ3v) is 3.90. The zero-order valence-corrected chi connectivity index (χ0v) is 11.2. The number of halogens is 2. The Morgan fingerprint density at radius 2 is 2.00 bits per heavy atom. The lowest BCUT2D eigenvalue weighted by Crippen LogP contribution is -2.01. The summed E-state index contributed by atoms with van der Waals surface area (Å²) in [4.78, 5) is 4.45. The van der Waals surface area contributed by atoms with Gasteiger partial charge in [0.15, 0.2) is 0 Å². The molecule has 0 bridgehead atoms. The molecule has 0 amide bonds. The Kier molecular flexibility index (Phi) is 4.46. The Bertz CT molecular complexity index is 281. The fourth-order valence-electron chi connectivity index (χ4n) is 1.29. The van der Waals surface area contributed by atoms with Gasteiger partial charge < -0.3 is 4.57 Å². The summed E-state index contributed by atoms with van der Waals surface area (Å²) in [6.07, 6.45) is 3.48. The molecule has 0 fully saturated rings. The van der Waals surface area contributed by atoms with Gasteiger partial charge in [0.05, 0.1) is 0 Å². The van der Waals surface area contributed by atoms with Crippen molar-refractivity contribution in [2.45, 2.75) is 39.7 Å². The second-order valence-corrected chi connectivity index (χ2v) is 4.46. The van der Waals surface area contributed by atoms with Crippen molar-refractivity contribution in [2.24, 2.45) is 0 Å². The van der Waals surface area contributed by atoms with Crippen LogP contribution >= 0.6 is 31.9 Å². The number of aryl methyl sites for hydroxylation is 1. The number of nitrogens with zero attached hydrogens (tertiary/aromatic N) is 2. The zero-order chi connectivity index (χ0) is 9.84. The van der Waals surface area contributed by atoms with Gasteiger partial charge >= 0.3 is 0 Å². The van der Waals surface area contributed by atoms with E-state index in [1.807, 2.05) is 0 Å². The van der Waals surface area contributed by atoms with Gasteiger partial charge in [0.25, 0.3) is 0 Å². The number of hydrogen-bond donors (Lipinski definition) is 0. The maximum Gasteiger partial charge on any atom is 0.139 e. The average molecular weight is 310 g/mol. The van der Waals surface area contributed by atoms with Crippen LogP contribution in [0.15, 0.2) is 9.21 Å². The van der Waals surface area contributed by atoms with Gasteiger partial charge in [0.1, 0.15) is 15.0 Å². The van der Waals surface area contributed by atoms with Crippen LogP contribution in [0.2, 0.25) is 0 Å². The van der Waals surface area contributed by atoms with Crippen LogP contribution in [0.25, 0.3) is 0 Å². The first kappa shape index (κ1) is 11.2. The van der Waals surface area contributed by atoms with Crippen molar-refractivity contribution in [2.75, 3.05) is 0 Å². The van der Waals surface area contributed by atoms with Crippen molar-refractivity contribution < 1.29 is 0 Å². The molecular formula is C9H14Br2N2. The highest BCUT2D eigenvalue weighted by Gasteiger charge is 2.10. The quantitative estimate of drug-likeness (QED) is 0.828. The summed E-state index contributed by atoms with van der Waals surface area (Å²) in [6.45, 7) is 5.30. The minimum absolute atomic E-state index is 0.917. The van der Waals surface area contributed by atoms with E-state index in [9.17, 15) is 0 Å². The van der Waals surface area contributed by atoms with E-state index >= 15 is 0 Å². The van der Waals surface area contributed by atoms with Crippen LogP contribution < -0.4 is 0 Å². The lowest BCUT2D eigenvalue weighted by Gasteiger charge is -2.04. The molecule has 0 aliphatic heterocycles. The maximum absolute atomic E-state index is 4.45. The van der Waals surface area contributed by atoms with E-state index in [0.717, 1.165) is 22.2 Å². The monoisotopic (exact) mass is 308 g/mol. The zero-order valence-electron chi connectivity index (χ0n) is 7.98. The van der Waals surface area contributed by atoms with Crippen LogP contribution in [-0.2, 0) is 13.0 Å². The van der Waals surface area contributed by atoms with Gasteiger partial charge in [-0.15, -0.1) is 0 Å². The standard InChI is InChI=1S/C9H14Br2N2/c1-3-5-6-7-12-8(10)9(11)13(7)4-2/h3-6H2,1-2H3. The number of imidazole rings is 1. The minimum atomic E-state index is 0.917. The van der Waals surface area contributed by atoms with Gasteiger partial charge in [-0.3, -0.25) is 0 Å². The molecule has 0 spiro atoms. The van der Waals surface area contributed by atoms with E-state index in [4.69, 9.17) is 0 Å². The van der Waals surface area contributed by atoms with Crippen molar-refractivity contribution in [3.8, 4) is 0 Å². The van der Waals surface area contributed by atoms with Gasteiger partial charge in [-0.25, -0.2) is 4.98 Å². The second-order valence-electron chi connectivity index (χ2n) is 2.96. The summed E-state index contributed by atoms with van der Waals surface area (Å²) in [5.74, 6) is 1.17. The predicted octanol–water partition coefficient (Wildman–Crippen LogP) is 3.77. The molecule has 1 heterocycles. The predicted molar refractivity (Wildman–Crippen MR) is 61.9 cm³/mol. The molecule has 0 unspecified atom stereocenters. The number of hydrogen-bond acceptors (Lipinski definition) is 1. The van der Waals surface area contributed by atoms with Crippen LogP contribution in [-0.4, -0.2) is 9.55 Å². The molecular weight excluding hydrogens is 296 g/mol. The summed E-state index contributed by atoms with van der Waals surface area (Å²) in [5, 5.41) is 0. The number of rotatable bonds is 4. The highest BCUT2D eigenvalue weighted by Crippen LogP contribution is 2.24. The largest absolute Gasteiger partial charge is 0.322 e. The molecule has 13 heavy (non-hydrogen) atoms. The molecule has 1 rings (SSSR count). The average Bonchev–Trinajstić information content (AvgIpc) is 2.39. The lowest BCUT2D eigenvalue weighted by atomic mass is 10.2. The van der Waals surface area contributed by atoms with Crippen molar-refractivity contribution in [3.05, 3.63) is 15.0 Å². The second kappa shape index (κ2) is 5.15. The van der Waals surface area contributed by atoms with E-state index < -0.39 is 0 Å². The summed E-state index contributed by atoms with van der Waals surface area (Å²) in [6, 6.07) is 0. The fraction of sp³-hybridized carbons (Fsp3) is 0.667. The van der Waals surface area contributed by atoms with Crippen molar-refractivity contribution in [1.29, 1.82) is 0 Å². The molecule has 0 radical (unpaired) electrons. The molecule has 0 saturated carbocycles. The van der Waals surface area contributed by atoms with Gasteiger partial charge in [-0.2, -0.15) is 0 Å². The highest BCUT2D eigenvalue weighted by atomic mass is 79.9. The first-order chi connectivity index (χ1) is 6.20. The number of unbranched alkanes of at least 4 members (excludes halogenated alkanes) is 1. The Balaban J connectivity index is 2.86. The molecule has 0 aliphatic rings. The first-order valence-electron chi connectivity index (χ1n) is 4.61. The molecule has 4 heteroatoms. The fourth-order valence-corrected chi connectivity index (χ4v) is 2.25. The SMILES string of the molecule is CCCCc1nc(Br)c(Br)n1CC. The Morgan fingerprint density at radius 1 is 1.31 bits per heavy atom. The molecule has 1 aromatic heterocycles. The smallest absolute Gasteiger partial charge is 0.139 e. The summed E-state index contributed by atoms with van der Waals surface area (Å²) >= 11 is 6.93. The van der Waals surface area contributed by atoms with E-state index in [-0.39, 0.29) is 0 Å². The van der Waals surface area contributed by atoms with Crippen LogP contribution in [0.4, 0.5) is 0 Å². The van der Waals surface area contributed by atoms with Crippen molar-refractivity contribution in [1.82, 2.24) is 9.55 Å². The third kappa shape index (κ3) is 2.56. The highest BCUT2D eigenvalue weighted by molar-refractivity contribution is 9.13. The van der Waals surface area contributed by atoms with Gasteiger partial charge in [-0.05, 0) is 45.2 Å². The van der Waals surface area contributed by atoms with Crippen LogP contribution in [0.5, 0.6) is 0 Å². The van der Waals surface area contributed by atoms with E-state index in [0.29, 0.717) is 0 Å². The maximum atomic E-state index is 4.45. The van der Waals surface area contributed by atoms with Crippen molar-refractivity contribution >= 4 is 31.9 Å². The Morgan fingerprint density at radius 3 is 2.54 bits per heavy atom. The molecule has 0 aromatic carbocycles. The van der Waals surface area contributed by atoms with Gasteiger partial charge in [0.2, 0.25) is 0 Å². The van der Waals surface area contributed by atoms with Crippen LogP contribution in [0, 0.1) is 0 Å². The molecule has 0 atom stereocenters. The molecule has 1 aromatic rings. The third-order valence-electron chi connectivity index (χ3n) is 2.02. The molecule has 0 aliphatic carbocycles. The molecule has 0 N–H and O–H groups in total. The van der Waals surface area contributed by atoms with E-state index in [2.05, 4.69) is 55.3 Å². The van der Waals surface area contributed by atoms with E-state index in [1.165, 1.54) is 18.7 Å². The number of aromatic nitrogens is 2. The van der Waals surface area contributed by atoms with E-state index in [1.54, 1.807) is 0 Å². The minimum Gasteiger partial charge on any atom is -0.322 e. The Hall–Kier alpha value is 0.170. The summed E-state index contributed by atoms with van der Waals surface area (Å²) in [5.41, 5.74) is 0. The lowest BCUT2D eigenvalue weighted by molar-refractivity contribution is 0.654. The van der Waals surface area contributed by atoms with Gasteiger partial charge in [-0.1, -0.05) is 13.3 Å².